The van der Waals surface area contributed by atoms with Gasteiger partial charge in [0.05, 0.1) is 13.2 Å². The third-order valence-corrected chi connectivity index (χ3v) is 4.92. The third-order valence-electron chi connectivity index (χ3n) is 4.39. The minimum atomic E-state index is -0.302. The minimum absolute atomic E-state index is 0.0403. The predicted molar refractivity (Wildman–Crippen MR) is 103 cm³/mol. The predicted octanol–water partition coefficient (Wildman–Crippen LogP) is 3.31. The van der Waals surface area contributed by atoms with Crippen molar-refractivity contribution in [2.75, 3.05) is 26.2 Å². The maximum atomic E-state index is 13.1. The maximum absolute atomic E-state index is 13.1. The molecule has 0 radical (unpaired) electrons. The van der Waals surface area contributed by atoms with Crippen molar-refractivity contribution in [3.8, 4) is 0 Å². The van der Waals surface area contributed by atoms with Gasteiger partial charge in [0.1, 0.15) is 11.9 Å². The number of hydrogen-bond donors (Lipinski definition) is 1. The molecule has 3 rings (SSSR count). The SMILES string of the molecule is O=C(NCCC(=O)N1CCO[C@H](c2ccc(F)cc2)C1)c1ccc(Br)cc1. The van der Waals surface area contributed by atoms with Crippen molar-refractivity contribution in [2.45, 2.75) is 12.5 Å². The van der Waals surface area contributed by atoms with Crippen molar-refractivity contribution in [3.05, 3.63) is 69.9 Å². The van der Waals surface area contributed by atoms with E-state index in [0.717, 1.165) is 10.0 Å². The average molecular weight is 435 g/mol. The van der Waals surface area contributed by atoms with Crippen molar-refractivity contribution in [3.63, 3.8) is 0 Å². The zero-order valence-electron chi connectivity index (χ0n) is 14.7. The first-order valence-electron chi connectivity index (χ1n) is 8.71. The minimum Gasteiger partial charge on any atom is -0.370 e. The molecule has 1 atom stereocenters. The molecule has 2 amide bonds. The van der Waals surface area contributed by atoms with Crippen LogP contribution in [-0.4, -0.2) is 43.0 Å². The lowest BCUT2D eigenvalue weighted by Crippen LogP contribution is -2.43. The lowest BCUT2D eigenvalue weighted by Gasteiger charge is -2.33. The van der Waals surface area contributed by atoms with Gasteiger partial charge in [0.25, 0.3) is 5.91 Å². The average Bonchev–Trinajstić information content (AvgIpc) is 2.69. The quantitative estimate of drug-likeness (QED) is 0.784. The summed E-state index contributed by atoms with van der Waals surface area (Å²) in [5.41, 5.74) is 1.39. The molecule has 1 saturated heterocycles. The van der Waals surface area contributed by atoms with Gasteiger partial charge in [-0.05, 0) is 42.0 Å². The van der Waals surface area contributed by atoms with Crippen LogP contribution in [0.15, 0.2) is 53.0 Å². The van der Waals surface area contributed by atoms with Gasteiger partial charge in [-0.2, -0.15) is 0 Å². The number of nitrogens with one attached hydrogen (secondary N) is 1. The summed E-state index contributed by atoms with van der Waals surface area (Å²) in [4.78, 5) is 26.2. The molecule has 0 aromatic heterocycles. The van der Waals surface area contributed by atoms with Gasteiger partial charge in [0.2, 0.25) is 5.91 Å². The van der Waals surface area contributed by atoms with Crippen LogP contribution < -0.4 is 5.32 Å². The Morgan fingerprint density at radius 3 is 2.56 bits per heavy atom. The van der Waals surface area contributed by atoms with Gasteiger partial charge in [-0.25, -0.2) is 4.39 Å². The number of halogens is 2. The van der Waals surface area contributed by atoms with Gasteiger partial charge >= 0.3 is 0 Å². The normalized spacial score (nSPS) is 16.8. The molecule has 1 heterocycles. The van der Waals surface area contributed by atoms with Crippen LogP contribution >= 0.6 is 15.9 Å². The number of nitrogens with zero attached hydrogens (tertiary/aromatic N) is 1. The zero-order valence-corrected chi connectivity index (χ0v) is 16.2. The molecular formula is C20H20BrFN2O3. The second kappa shape index (κ2) is 9.10. The molecule has 1 aliphatic rings. The van der Waals surface area contributed by atoms with Crippen molar-refractivity contribution in [2.24, 2.45) is 0 Å². The molecule has 0 bridgehead atoms. The highest BCUT2D eigenvalue weighted by Gasteiger charge is 2.25. The monoisotopic (exact) mass is 434 g/mol. The molecule has 27 heavy (non-hydrogen) atoms. The van der Waals surface area contributed by atoms with Crippen molar-refractivity contribution >= 4 is 27.7 Å². The molecule has 1 aliphatic heterocycles. The molecule has 0 saturated carbocycles. The summed E-state index contributed by atoms with van der Waals surface area (Å²) < 4.78 is 19.7. The largest absolute Gasteiger partial charge is 0.370 e. The van der Waals surface area contributed by atoms with Crippen LogP contribution in [0.1, 0.15) is 28.4 Å². The Morgan fingerprint density at radius 2 is 1.85 bits per heavy atom. The van der Waals surface area contributed by atoms with E-state index >= 15 is 0 Å². The van der Waals surface area contributed by atoms with Crippen LogP contribution in [0, 0.1) is 5.82 Å². The second-order valence-corrected chi connectivity index (χ2v) is 7.18. The summed E-state index contributed by atoms with van der Waals surface area (Å²) in [6.07, 6.45) is -0.0426. The van der Waals surface area contributed by atoms with Crippen LogP contribution in [0.25, 0.3) is 0 Å². The Morgan fingerprint density at radius 1 is 1.15 bits per heavy atom. The highest BCUT2D eigenvalue weighted by molar-refractivity contribution is 9.10. The van der Waals surface area contributed by atoms with E-state index in [9.17, 15) is 14.0 Å². The summed E-state index contributed by atoms with van der Waals surface area (Å²) >= 11 is 3.32. The lowest BCUT2D eigenvalue weighted by molar-refractivity contribution is -0.138. The van der Waals surface area contributed by atoms with Crippen LogP contribution in [0.3, 0.4) is 0 Å². The number of rotatable bonds is 5. The Bertz CT molecular complexity index is 796. The molecule has 0 unspecified atom stereocenters. The summed E-state index contributed by atoms with van der Waals surface area (Å²) in [5, 5.41) is 2.76. The topological polar surface area (TPSA) is 58.6 Å². The van der Waals surface area contributed by atoms with Gasteiger partial charge in [-0.15, -0.1) is 0 Å². The number of morpholine rings is 1. The summed E-state index contributed by atoms with van der Waals surface area (Å²) in [7, 11) is 0. The molecule has 0 aliphatic carbocycles. The van der Waals surface area contributed by atoms with E-state index in [-0.39, 0.29) is 36.7 Å². The molecule has 1 N–H and O–H groups in total. The van der Waals surface area contributed by atoms with Crippen molar-refractivity contribution in [1.82, 2.24) is 10.2 Å². The molecule has 7 heteroatoms. The van der Waals surface area contributed by atoms with Crippen LogP contribution in [0.4, 0.5) is 4.39 Å². The fraction of sp³-hybridized carbons (Fsp3) is 0.300. The third kappa shape index (κ3) is 5.37. The summed E-state index contributed by atoms with van der Waals surface area (Å²) in [5.74, 6) is -0.549. The fourth-order valence-electron chi connectivity index (χ4n) is 2.90. The standard InChI is InChI=1S/C20H20BrFN2O3/c21-16-5-1-15(2-6-16)20(26)23-10-9-19(25)24-11-12-27-18(13-24)14-3-7-17(22)8-4-14/h1-8,18H,9-13H2,(H,23,26)/t18-/m0/s1. The number of hydrogen-bond acceptors (Lipinski definition) is 3. The summed E-state index contributed by atoms with van der Waals surface area (Å²) in [6.45, 7) is 1.63. The number of benzene rings is 2. The number of ether oxygens (including phenoxy) is 1. The smallest absolute Gasteiger partial charge is 0.251 e. The molecule has 2 aromatic rings. The first kappa shape index (κ1) is 19.5. The fourth-order valence-corrected chi connectivity index (χ4v) is 3.16. The van der Waals surface area contributed by atoms with Crippen molar-refractivity contribution in [1.29, 1.82) is 0 Å². The molecule has 2 aromatic carbocycles. The highest BCUT2D eigenvalue weighted by Crippen LogP contribution is 2.22. The van der Waals surface area contributed by atoms with Gasteiger partial charge in [-0.1, -0.05) is 28.1 Å². The first-order valence-corrected chi connectivity index (χ1v) is 9.51. The number of carbonyl (C=O) groups excluding carboxylic acids is 2. The highest BCUT2D eigenvalue weighted by atomic mass is 79.9. The van der Waals surface area contributed by atoms with E-state index in [1.54, 1.807) is 41.3 Å². The van der Waals surface area contributed by atoms with Crippen LogP contribution in [-0.2, 0) is 9.53 Å². The summed E-state index contributed by atoms with van der Waals surface area (Å²) in [6, 6.07) is 13.1. The van der Waals surface area contributed by atoms with E-state index in [1.165, 1.54) is 12.1 Å². The van der Waals surface area contributed by atoms with Crippen LogP contribution in [0.5, 0.6) is 0 Å². The molecule has 1 fully saturated rings. The molecular weight excluding hydrogens is 415 g/mol. The molecule has 142 valence electrons. The molecule has 0 spiro atoms. The first-order chi connectivity index (χ1) is 13.0. The van der Waals surface area contributed by atoms with Gasteiger partial charge in [0.15, 0.2) is 0 Å². The lowest BCUT2D eigenvalue weighted by atomic mass is 10.1. The van der Waals surface area contributed by atoms with E-state index in [4.69, 9.17) is 4.74 Å². The van der Waals surface area contributed by atoms with E-state index < -0.39 is 0 Å². The zero-order chi connectivity index (χ0) is 19.2. The second-order valence-electron chi connectivity index (χ2n) is 6.26. The van der Waals surface area contributed by atoms with Crippen LogP contribution in [0.2, 0.25) is 0 Å². The van der Waals surface area contributed by atoms with Gasteiger partial charge in [0, 0.05) is 29.5 Å². The Balaban J connectivity index is 1.48. The number of carbonyl (C=O) groups is 2. The Labute approximate surface area is 165 Å². The Kier molecular flexibility index (Phi) is 6.58. The van der Waals surface area contributed by atoms with Crippen molar-refractivity contribution < 1.29 is 18.7 Å². The Hall–Kier alpha value is -2.25. The maximum Gasteiger partial charge on any atom is 0.251 e. The van der Waals surface area contributed by atoms with E-state index in [0.29, 0.717) is 25.3 Å². The van der Waals surface area contributed by atoms with Gasteiger partial charge in [-0.3, -0.25) is 9.59 Å². The van der Waals surface area contributed by atoms with E-state index in [1.807, 2.05) is 0 Å². The van der Waals surface area contributed by atoms with E-state index in [2.05, 4.69) is 21.2 Å². The number of amides is 2. The molecule has 5 nitrogen and oxygen atoms in total. The van der Waals surface area contributed by atoms with Gasteiger partial charge < -0.3 is 15.0 Å².